The normalized spacial score (nSPS) is 18.7. The molecule has 0 radical (unpaired) electrons. The Morgan fingerprint density at radius 2 is 1.90 bits per heavy atom. The van der Waals surface area contributed by atoms with E-state index in [-0.39, 0.29) is 24.0 Å². The number of guanidine groups is 1. The van der Waals surface area contributed by atoms with Gasteiger partial charge in [-0.25, -0.2) is 4.98 Å². The summed E-state index contributed by atoms with van der Waals surface area (Å²) in [4.78, 5) is 16.3. The third-order valence-corrected chi connectivity index (χ3v) is 5.91. The van der Waals surface area contributed by atoms with Crippen molar-refractivity contribution in [2.24, 2.45) is 4.99 Å². The first kappa shape index (κ1) is 26.1. The Morgan fingerprint density at radius 3 is 2.58 bits per heavy atom. The van der Waals surface area contributed by atoms with E-state index in [2.05, 4.69) is 43.1 Å². The van der Waals surface area contributed by atoms with E-state index in [1.54, 1.807) is 7.11 Å². The van der Waals surface area contributed by atoms with E-state index in [1.807, 2.05) is 19.3 Å². The van der Waals surface area contributed by atoms with Gasteiger partial charge in [-0.05, 0) is 32.4 Å². The third-order valence-electron chi connectivity index (χ3n) is 5.91. The Labute approximate surface area is 204 Å². The maximum atomic E-state index is 5.98. The molecule has 1 aromatic heterocycles. The Hall–Kier alpha value is -1.17. The van der Waals surface area contributed by atoms with Crippen LogP contribution >= 0.6 is 24.0 Å². The molecule has 9 heteroatoms. The van der Waals surface area contributed by atoms with Crippen molar-refractivity contribution in [2.75, 3.05) is 78.6 Å². The molecule has 0 spiro atoms. The highest BCUT2D eigenvalue weighted by atomic mass is 127. The van der Waals surface area contributed by atoms with Crippen molar-refractivity contribution in [1.29, 1.82) is 0 Å². The van der Waals surface area contributed by atoms with Crippen molar-refractivity contribution in [3.05, 3.63) is 23.9 Å². The lowest BCUT2D eigenvalue weighted by Crippen LogP contribution is -2.47. The standard InChI is InChI=1S/C22H38N6O2.HI/c1-23-22(28-10-7-20(8-11-28)30-17-5-16-29-3)25-18-19-6-4-9-24-21(19)27-14-12-26(2)13-15-27;/h4,6,9,20H,5,7-8,10-18H2,1-3H3,(H,23,25);1H. The first-order valence-electron chi connectivity index (χ1n) is 11.1. The molecule has 2 aliphatic heterocycles. The van der Waals surface area contributed by atoms with Gasteiger partial charge in [-0.3, -0.25) is 4.99 Å². The van der Waals surface area contributed by atoms with Crippen LogP contribution in [-0.4, -0.2) is 101 Å². The number of likely N-dealkylation sites (tertiary alicyclic amines) is 1. The zero-order valence-corrected chi connectivity index (χ0v) is 21.6. The average Bonchev–Trinajstić information content (AvgIpc) is 2.79. The van der Waals surface area contributed by atoms with Crippen molar-refractivity contribution in [2.45, 2.75) is 31.9 Å². The van der Waals surface area contributed by atoms with Crippen molar-refractivity contribution in [3.8, 4) is 0 Å². The topological polar surface area (TPSA) is 65.5 Å². The van der Waals surface area contributed by atoms with Gasteiger partial charge in [0.05, 0.1) is 6.10 Å². The number of pyridine rings is 1. The van der Waals surface area contributed by atoms with Gasteiger partial charge in [-0.1, -0.05) is 6.07 Å². The monoisotopic (exact) mass is 546 g/mol. The molecule has 176 valence electrons. The van der Waals surface area contributed by atoms with E-state index in [0.717, 1.165) is 90.1 Å². The highest BCUT2D eigenvalue weighted by molar-refractivity contribution is 14.0. The number of piperidine rings is 1. The summed E-state index contributed by atoms with van der Waals surface area (Å²) >= 11 is 0. The number of hydrogen-bond donors (Lipinski definition) is 1. The van der Waals surface area contributed by atoms with Gasteiger partial charge < -0.3 is 29.5 Å². The predicted molar refractivity (Wildman–Crippen MR) is 137 cm³/mol. The van der Waals surface area contributed by atoms with Crippen molar-refractivity contribution < 1.29 is 9.47 Å². The van der Waals surface area contributed by atoms with Crippen LogP contribution in [0.2, 0.25) is 0 Å². The molecule has 1 N–H and O–H groups in total. The van der Waals surface area contributed by atoms with E-state index < -0.39 is 0 Å². The Balaban J connectivity index is 0.00000341. The fourth-order valence-corrected chi connectivity index (χ4v) is 4.07. The van der Waals surface area contributed by atoms with E-state index in [1.165, 1.54) is 5.56 Å². The minimum absolute atomic E-state index is 0. The highest BCUT2D eigenvalue weighted by Crippen LogP contribution is 2.19. The van der Waals surface area contributed by atoms with Gasteiger partial charge in [0.1, 0.15) is 5.82 Å². The Kier molecular flexibility index (Phi) is 11.8. The first-order valence-corrected chi connectivity index (χ1v) is 11.1. The quantitative estimate of drug-likeness (QED) is 0.232. The van der Waals surface area contributed by atoms with Gasteiger partial charge in [0.2, 0.25) is 0 Å². The van der Waals surface area contributed by atoms with E-state index in [9.17, 15) is 0 Å². The van der Waals surface area contributed by atoms with Crippen LogP contribution in [0.5, 0.6) is 0 Å². The van der Waals surface area contributed by atoms with Crippen molar-refractivity contribution in [3.63, 3.8) is 0 Å². The maximum absolute atomic E-state index is 5.98. The minimum atomic E-state index is 0. The molecule has 0 unspecified atom stereocenters. The second-order valence-corrected chi connectivity index (χ2v) is 8.08. The van der Waals surface area contributed by atoms with Crippen LogP contribution in [0.25, 0.3) is 0 Å². The smallest absolute Gasteiger partial charge is 0.193 e. The molecule has 2 fully saturated rings. The average molecular weight is 546 g/mol. The maximum Gasteiger partial charge on any atom is 0.193 e. The van der Waals surface area contributed by atoms with E-state index >= 15 is 0 Å². The van der Waals surface area contributed by atoms with Crippen molar-refractivity contribution in [1.82, 2.24) is 20.1 Å². The molecule has 0 saturated carbocycles. The summed E-state index contributed by atoms with van der Waals surface area (Å²) in [6.45, 7) is 8.40. The predicted octanol–water partition coefficient (Wildman–Crippen LogP) is 2.04. The third kappa shape index (κ3) is 8.03. The van der Waals surface area contributed by atoms with Crippen LogP contribution in [0.4, 0.5) is 5.82 Å². The molecule has 3 heterocycles. The molecular weight excluding hydrogens is 507 g/mol. The highest BCUT2D eigenvalue weighted by Gasteiger charge is 2.23. The number of aliphatic imine (C=N–C) groups is 1. The molecule has 0 bridgehead atoms. The summed E-state index contributed by atoms with van der Waals surface area (Å²) in [5, 5.41) is 3.56. The fraction of sp³-hybridized carbons (Fsp3) is 0.727. The molecule has 3 rings (SSSR count). The van der Waals surface area contributed by atoms with Gasteiger partial charge in [0.25, 0.3) is 0 Å². The summed E-state index contributed by atoms with van der Waals surface area (Å²) in [6.07, 6.45) is 5.27. The number of ether oxygens (including phenoxy) is 2. The van der Waals surface area contributed by atoms with Crippen LogP contribution < -0.4 is 10.2 Å². The Bertz CT molecular complexity index is 661. The summed E-state index contributed by atoms with van der Waals surface area (Å²) in [5.74, 6) is 2.05. The summed E-state index contributed by atoms with van der Waals surface area (Å²) in [5.41, 5.74) is 1.22. The van der Waals surface area contributed by atoms with Crippen LogP contribution in [0.1, 0.15) is 24.8 Å². The van der Waals surface area contributed by atoms with Gasteiger partial charge in [0, 0.05) is 84.9 Å². The number of aromatic nitrogens is 1. The number of piperazine rings is 1. The number of anilines is 1. The number of nitrogens with one attached hydrogen (secondary N) is 1. The van der Waals surface area contributed by atoms with Crippen LogP contribution in [0, 0.1) is 0 Å². The van der Waals surface area contributed by atoms with Crippen molar-refractivity contribution >= 4 is 35.8 Å². The van der Waals surface area contributed by atoms with Gasteiger partial charge in [0.15, 0.2) is 5.96 Å². The van der Waals surface area contributed by atoms with Crippen LogP contribution in [0.3, 0.4) is 0 Å². The number of halogens is 1. The molecule has 2 saturated heterocycles. The Morgan fingerprint density at radius 1 is 1.16 bits per heavy atom. The molecular formula is C22H39IN6O2. The number of nitrogens with zero attached hydrogens (tertiary/aromatic N) is 5. The second-order valence-electron chi connectivity index (χ2n) is 8.08. The SMILES string of the molecule is CN=C(NCc1cccnc1N1CCN(C)CC1)N1CCC(OCCCOC)CC1.I. The second kappa shape index (κ2) is 14.1. The van der Waals surface area contributed by atoms with E-state index in [0.29, 0.717) is 6.10 Å². The molecule has 0 aromatic carbocycles. The lowest BCUT2D eigenvalue weighted by atomic mass is 10.1. The van der Waals surface area contributed by atoms with Gasteiger partial charge in [-0.2, -0.15) is 0 Å². The van der Waals surface area contributed by atoms with Gasteiger partial charge in [-0.15, -0.1) is 24.0 Å². The molecule has 2 aliphatic rings. The first-order chi connectivity index (χ1) is 14.7. The number of rotatable bonds is 8. The summed E-state index contributed by atoms with van der Waals surface area (Å²) in [6, 6.07) is 4.19. The number of hydrogen-bond acceptors (Lipinski definition) is 6. The zero-order chi connectivity index (χ0) is 21.2. The number of methoxy groups -OCH3 is 1. The summed E-state index contributed by atoms with van der Waals surface area (Å²) < 4.78 is 11.1. The van der Waals surface area contributed by atoms with Crippen LogP contribution in [0.15, 0.2) is 23.3 Å². The molecule has 1 aromatic rings. The largest absolute Gasteiger partial charge is 0.385 e. The minimum Gasteiger partial charge on any atom is -0.385 e. The zero-order valence-electron chi connectivity index (χ0n) is 19.3. The molecule has 0 amide bonds. The van der Waals surface area contributed by atoms with E-state index in [4.69, 9.17) is 9.47 Å². The molecule has 8 nitrogen and oxygen atoms in total. The lowest BCUT2D eigenvalue weighted by Gasteiger charge is -2.35. The van der Waals surface area contributed by atoms with Crippen LogP contribution in [-0.2, 0) is 16.0 Å². The fourth-order valence-electron chi connectivity index (χ4n) is 4.07. The molecule has 31 heavy (non-hydrogen) atoms. The molecule has 0 atom stereocenters. The van der Waals surface area contributed by atoms with Gasteiger partial charge >= 0.3 is 0 Å². The lowest BCUT2D eigenvalue weighted by molar-refractivity contribution is 0.00990. The summed E-state index contributed by atoms with van der Waals surface area (Å²) in [7, 11) is 5.77. The number of likely N-dealkylation sites (N-methyl/N-ethyl adjacent to an activating group) is 1. The molecule has 0 aliphatic carbocycles.